The van der Waals surface area contributed by atoms with Gasteiger partial charge >= 0.3 is 0 Å². The molecule has 8 aromatic carbocycles. The molecule has 12 rings (SSSR count). The van der Waals surface area contributed by atoms with Gasteiger partial charge in [-0.05, 0) is 78.9 Å². The van der Waals surface area contributed by atoms with Crippen LogP contribution in [-0.2, 0) is 0 Å². The van der Waals surface area contributed by atoms with E-state index in [-0.39, 0.29) is 0 Å². The summed E-state index contributed by atoms with van der Waals surface area (Å²) < 4.78 is 21.5. The Labute approximate surface area is 313 Å². The summed E-state index contributed by atoms with van der Waals surface area (Å²) in [7, 11) is 0. The standard InChI is InChI=1S/C49H29N3O3/c1-3-12-30(13-4-1)49-50-40-28-39-38-26-32(23-25-44(38)54-46(39)29-47(40)55-49)51(33-22-24-36-35-17-8-10-21-43(35)53-45(36)27-33)42-20-11-18-37-34-16-7-9-19-41(34)52(48(37)42)31-14-5-2-6-15-31/h1-29H. The van der Waals surface area contributed by atoms with Crippen molar-refractivity contribution in [2.75, 3.05) is 4.90 Å². The summed E-state index contributed by atoms with van der Waals surface area (Å²) >= 11 is 0. The zero-order valence-electron chi connectivity index (χ0n) is 29.3. The Morgan fingerprint density at radius 2 is 1.07 bits per heavy atom. The summed E-state index contributed by atoms with van der Waals surface area (Å²) in [5, 5.41) is 6.51. The third-order valence-corrected chi connectivity index (χ3v) is 10.8. The zero-order chi connectivity index (χ0) is 36.0. The fraction of sp³-hybridized carbons (Fsp3) is 0. The summed E-state index contributed by atoms with van der Waals surface area (Å²) in [6.45, 7) is 0. The molecule has 4 aromatic heterocycles. The van der Waals surface area contributed by atoms with Gasteiger partial charge in [0.05, 0.1) is 16.7 Å². The number of hydrogen-bond acceptors (Lipinski definition) is 5. The van der Waals surface area contributed by atoms with E-state index in [0.29, 0.717) is 11.5 Å². The number of aromatic nitrogens is 2. The van der Waals surface area contributed by atoms with Gasteiger partial charge in [0.15, 0.2) is 5.58 Å². The Balaban J connectivity index is 1.13. The van der Waals surface area contributed by atoms with E-state index < -0.39 is 0 Å². The molecule has 0 spiro atoms. The van der Waals surface area contributed by atoms with Crippen LogP contribution < -0.4 is 4.90 Å². The van der Waals surface area contributed by atoms with Crippen LogP contribution in [0, 0.1) is 0 Å². The summed E-state index contributed by atoms with van der Waals surface area (Å²) in [5.41, 5.74) is 12.0. The monoisotopic (exact) mass is 707 g/mol. The second-order valence-corrected chi connectivity index (χ2v) is 14.0. The van der Waals surface area contributed by atoms with Crippen LogP contribution in [0.25, 0.3) is 93.9 Å². The van der Waals surface area contributed by atoms with Crippen molar-refractivity contribution in [3.8, 4) is 17.1 Å². The van der Waals surface area contributed by atoms with Gasteiger partial charge in [-0.25, -0.2) is 4.98 Å². The summed E-state index contributed by atoms with van der Waals surface area (Å²) in [5.74, 6) is 0.585. The van der Waals surface area contributed by atoms with Crippen LogP contribution in [0.3, 0.4) is 0 Å². The van der Waals surface area contributed by atoms with Crippen LogP contribution >= 0.6 is 0 Å². The molecule has 0 radical (unpaired) electrons. The van der Waals surface area contributed by atoms with E-state index in [9.17, 15) is 0 Å². The first kappa shape index (κ1) is 29.9. The lowest BCUT2D eigenvalue weighted by Crippen LogP contribution is -2.11. The van der Waals surface area contributed by atoms with Crippen LogP contribution in [0.5, 0.6) is 0 Å². The smallest absolute Gasteiger partial charge is 0.227 e. The Bertz CT molecular complexity index is 3440. The fourth-order valence-corrected chi connectivity index (χ4v) is 8.34. The number of furan rings is 2. The molecule has 6 heteroatoms. The lowest BCUT2D eigenvalue weighted by Gasteiger charge is -2.27. The summed E-state index contributed by atoms with van der Waals surface area (Å²) in [6.07, 6.45) is 0. The minimum Gasteiger partial charge on any atom is -0.456 e. The molecule has 0 aliphatic rings. The first-order valence-corrected chi connectivity index (χ1v) is 18.4. The molecular formula is C49H29N3O3. The van der Waals surface area contributed by atoms with Crippen molar-refractivity contribution < 1.29 is 13.3 Å². The molecule has 0 N–H and O–H groups in total. The van der Waals surface area contributed by atoms with Gasteiger partial charge in [0, 0.05) is 67.1 Å². The van der Waals surface area contributed by atoms with E-state index in [0.717, 1.165) is 88.7 Å². The Morgan fingerprint density at radius 3 is 1.95 bits per heavy atom. The highest BCUT2D eigenvalue weighted by Gasteiger charge is 2.23. The number of rotatable bonds is 5. The average molecular weight is 708 g/mol. The average Bonchev–Trinajstić information content (AvgIpc) is 4.01. The van der Waals surface area contributed by atoms with E-state index >= 15 is 0 Å². The van der Waals surface area contributed by atoms with Gasteiger partial charge in [0.2, 0.25) is 5.89 Å². The molecule has 0 unspecified atom stereocenters. The van der Waals surface area contributed by atoms with E-state index in [4.69, 9.17) is 18.2 Å². The third-order valence-electron chi connectivity index (χ3n) is 10.8. The second-order valence-electron chi connectivity index (χ2n) is 14.0. The molecule has 0 atom stereocenters. The van der Waals surface area contributed by atoms with Crippen LogP contribution in [0.4, 0.5) is 17.1 Å². The first-order chi connectivity index (χ1) is 27.2. The predicted octanol–water partition coefficient (Wildman–Crippen LogP) is 13.9. The lowest BCUT2D eigenvalue weighted by molar-refractivity contribution is 0.617. The molecule has 6 nitrogen and oxygen atoms in total. The van der Waals surface area contributed by atoms with E-state index in [1.165, 1.54) is 10.8 Å². The Hall–Kier alpha value is -7.57. The van der Waals surface area contributed by atoms with Crippen molar-refractivity contribution in [3.63, 3.8) is 0 Å². The number of oxazole rings is 1. The number of hydrogen-bond donors (Lipinski definition) is 0. The third kappa shape index (κ3) is 4.52. The topological polar surface area (TPSA) is 60.5 Å². The summed E-state index contributed by atoms with van der Waals surface area (Å²) in [6, 6.07) is 61.0. The maximum absolute atomic E-state index is 6.47. The second kappa shape index (κ2) is 11.5. The molecule has 0 saturated carbocycles. The molecule has 0 amide bonds. The van der Waals surface area contributed by atoms with Crippen molar-refractivity contribution in [1.29, 1.82) is 0 Å². The maximum atomic E-state index is 6.47. The largest absolute Gasteiger partial charge is 0.456 e. The molecule has 0 aliphatic heterocycles. The van der Waals surface area contributed by atoms with E-state index in [1.54, 1.807) is 0 Å². The maximum Gasteiger partial charge on any atom is 0.227 e. The quantitative estimate of drug-likeness (QED) is 0.178. The van der Waals surface area contributed by atoms with Gasteiger partial charge < -0.3 is 22.7 Å². The Kier molecular flexibility index (Phi) is 6.24. The minimum absolute atomic E-state index is 0.585. The van der Waals surface area contributed by atoms with Gasteiger partial charge in [0.25, 0.3) is 0 Å². The van der Waals surface area contributed by atoms with Gasteiger partial charge in [-0.15, -0.1) is 0 Å². The number of para-hydroxylation sites is 4. The highest BCUT2D eigenvalue weighted by atomic mass is 16.4. The number of benzene rings is 8. The van der Waals surface area contributed by atoms with Crippen molar-refractivity contribution in [1.82, 2.24) is 9.55 Å². The summed E-state index contributed by atoms with van der Waals surface area (Å²) in [4.78, 5) is 7.22. The zero-order valence-corrected chi connectivity index (χ0v) is 29.3. The molecule has 4 heterocycles. The Morgan fingerprint density at radius 1 is 0.418 bits per heavy atom. The van der Waals surface area contributed by atoms with Crippen LogP contribution in [0.15, 0.2) is 189 Å². The predicted molar refractivity (Wildman–Crippen MR) is 223 cm³/mol. The molecule has 55 heavy (non-hydrogen) atoms. The lowest BCUT2D eigenvalue weighted by atomic mass is 10.1. The molecule has 258 valence electrons. The van der Waals surface area contributed by atoms with Crippen molar-refractivity contribution in [2.45, 2.75) is 0 Å². The fourth-order valence-electron chi connectivity index (χ4n) is 8.34. The molecule has 0 bridgehead atoms. The number of nitrogens with zero attached hydrogens (tertiary/aromatic N) is 3. The first-order valence-electron chi connectivity index (χ1n) is 18.4. The van der Waals surface area contributed by atoms with Crippen LogP contribution in [0.2, 0.25) is 0 Å². The van der Waals surface area contributed by atoms with Crippen molar-refractivity contribution in [3.05, 3.63) is 176 Å². The molecular weight excluding hydrogens is 679 g/mol. The minimum atomic E-state index is 0.585. The number of fused-ring (bicyclic) bond motifs is 10. The molecule has 0 fully saturated rings. The highest BCUT2D eigenvalue weighted by Crippen LogP contribution is 2.46. The van der Waals surface area contributed by atoms with Crippen molar-refractivity contribution >= 4 is 93.8 Å². The van der Waals surface area contributed by atoms with Crippen LogP contribution in [0.1, 0.15) is 0 Å². The molecule has 0 saturated heterocycles. The van der Waals surface area contributed by atoms with Gasteiger partial charge in [-0.2, -0.15) is 0 Å². The van der Waals surface area contributed by atoms with Gasteiger partial charge in [-0.1, -0.05) is 84.9 Å². The normalized spacial score (nSPS) is 12.0. The molecule has 0 aliphatic carbocycles. The number of anilines is 3. The molecule has 12 aromatic rings. The van der Waals surface area contributed by atoms with E-state index in [2.05, 4.69) is 137 Å². The highest BCUT2D eigenvalue weighted by molar-refractivity contribution is 6.16. The van der Waals surface area contributed by atoms with Gasteiger partial charge in [-0.3, -0.25) is 0 Å². The van der Waals surface area contributed by atoms with Crippen LogP contribution in [-0.4, -0.2) is 9.55 Å². The SMILES string of the molecule is c1ccc(-c2nc3cc4c(cc3o2)oc2ccc(N(c3ccc5c(c3)oc3ccccc35)c3cccc5c6ccccc6n(-c6ccccc6)c35)cc24)cc1. The van der Waals surface area contributed by atoms with Gasteiger partial charge in [0.1, 0.15) is 27.8 Å². The van der Waals surface area contributed by atoms with E-state index in [1.807, 2.05) is 48.5 Å². The van der Waals surface area contributed by atoms with Crippen molar-refractivity contribution in [2.24, 2.45) is 0 Å².